The van der Waals surface area contributed by atoms with Crippen LogP contribution in [-0.2, 0) is 13.6 Å². The summed E-state index contributed by atoms with van der Waals surface area (Å²) in [7, 11) is -3.31. The molecule has 0 saturated heterocycles. The molecule has 6 heteroatoms. The molecular formula is C13H13BrClO3P. The topological polar surface area (TPSA) is 35.5 Å². The fourth-order valence-corrected chi connectivity index (χ4v) is 5.32. The second kappa shape index (κ2) is 4.92. The monoisotopic (exact) mass is 362 g/mol. The zero-order valence-electron chi connectivity index (χ0n) is 10.4. The smallest absolute Gasteiger partial charge is 0.411 e. The second-order valence-corrected chi connectivity index (χ2v) is 7.77. The van der Waals surface area contributed by atoms with Crippen LogP contribution in [0.3, 0.4) is 0 Å². The lowest BCUT2D eigenvalue weighted by Gasteiger charge is -2.28. The molecule has 3 nitrogen and oxygen atoms in total. The van der Waals surface area contributed by atoms with E-state index < -0.39 is 7.60 Å². The highest BCUT2D eigenvalue weighted by Gasteiger charge is 2.43. The van der Waals surface area contributed by atoms with Gasteiger partial charge in [-0.1, -0.05) is 17.7 Å². The second-order valence-electron chi connectivity index (χ2n) is 4.62. The molecule has 0 aromatic heterocycles. The molecule has 1 aliphatic carbocycles. The van der Waals surface area contributed by atoms with Gasteiger partial charge in [-0.3, -0.25) is 4.52 Å². The normalized spacial score (nSPS) is 26.1. The van der Waals surface area contributed by atoms with Crippen molar-refractivity contribution >= 4 is 44.9 Å². The third-order valence-corrected chi connectivity index (χ3v) is 6.22. The molecule has 1 aromatic carbocycles. The minimum atomic E-state index is -3.31. The van der Waals surface area contributed by atoms with E-state index in [2.05, 4.69) is 15.9 Å². The summed E-state index contributed by atoms with van der Waals surface area (Å²) < 4.78 is 25.0. The van der Waals surface area contributed by atoms with Gasteiger partial charge in [-0.25, -0.2) is 4.57 Å². The van der Waals surface area contributed by atoms with Gasteiger partial charge < -0.3 is 4.52 Å². The Balaban J connectivity index is 2.18. The molecule has 1 aromatic rings. The van der Waals surface area contributed by atoms with Gasteiger partial charge >= 0.3 is 7.60 Å². The lowest BCUT2D eigenvalue weighted by molar-refractivity contribution is 0.252. The lowest BCUT2D eigenvalue weighted by Crippen LogP contribution is -2.19. The van der Waals surface area contributed by atoms with Gasteiger partial charge in [0.1, 0.15) is 5.76 Å². The van der Waals surface area contributed by atoms with E-state index in [1.54, 1.807) is 19.1 Å². The minimum Gasteiger partial charge on any atom is -0.424 e. The Labute approximate surface area is 125 Å². The number of hydrogen-bond donors (Lipinski definition) is 0. The lowest BCUT2D eigenvalue weighted by atomic mass is 10.1. The molecule has 3 rings (SSSR count). The van der Waals surface area contributed by atoms with Crippen LogP contribution in [0.5, 0.6) is 0 Å². The Hall–Kier alpha value is -0.280. The summed E-state index contributed by atoms with van der Waals surface area (Å²) in [4.78, 5) is 0. The van der Waals surface area contributed by atoms with Crippen molar-refractivity contribution in [2.24, 2.45) is 5.92 Å². The van der Waals surface area contributed by atoms with E-state index in [9.17, 15) is 4.57 Å². The average Bonchev–Trinajstić information content (AvgIpc) is 3.19. The summed E-state index contributed by atoms with van der Waals surface area (Å²) >= 11 is 9.56. The first-order valence-corrected chi connectivity index (χ1v) is 8.91. The Morgan fingerprint density at radius 1 is 1.53 bits per heavy atom. The predicted octanol–water partition coefficient (Wildman–Crippen LogP) is 4.70. The van der Waals surface area contributed by atoms with E-state index in [4.69, 9.17) is 20.6 Å². The maximum atomic E-state index is 12.9. The van der Waals surface area contributed by atoms with Crippen molar-refractivity contribution in [2.75, 3.05) is 6.61 Å². The van der Waals surface area contributed by atoms with Crippen LogP contribution in [0.1, 0.15) is 25.3 Å². The molecule has 0 N–H and O–H groups in total. The van der Waals surface area contributed by atoms with Crippen molar-refractivity contribution in [3.05, 3.63) is 34.5 Å². The molecule has 2 aliphatic rings. The summed E-state index contributed by atoms with van der Waals surface area (Å²) in [6.07, 6.45) is 2.14. The third kappa shape index (κ3) is 2.40. The van der Waals surface area contributed by atoms with Gasteiger partial charge in [0.05, 0.1) is 16.4 Å². The van der Waals surface area contributed by atoms with Crippen molar-refractivity contribution in [1.29, 1.82) is 0 Å². The van der Waals surface area contributed by atoms with Crippen LogP contribution in [-0.4, -0.2) is 6.61 Å². The van der Waals surface area contributed by atoms with Gasteiger partial charge in [0.15, 0.2) is 0 Å². The van der Waals surface area contributed by atoms with Crippen LogP contribution < -0.4 is 5.30 Å². The molecule has 1 atom stereocenters. The van der Waals surface area contributed by atoms with Gasteiger partial charge in [-0.2, -0.15) is 0 Å². The maximum Gasteiger partial charge on any atom is 0.411 e. The average molecular weight is 364 g/mol. The molecule has 0 radical (unpaired) electrons. The Kier molecular flexibility index (Phi) is 3.55. The first-order valence-electron chi connectivity index (χ1n) is 6.19. The quantitative estimate of drug-likeness (QED) is 0.730. The van der Waals surface area contributed by atoms with Crippen LogP contribution in [0.25, 0.3) is 4.48 Å². The molecule has 1 unspecified atom stereocenters. The fourth-order valence-electron chi connectivity index (χ4n) is 2.13. The van der Waals surface area contributed by atoms with Crippen molar-refractivity contribution in [3.63, 3.8) is 0 Å². The van der Waals surface area contributed by atoms with Gasteiger partial charge in [-0.15, -0.1) is 0 Å². The summed E-state index contributed by atoms with van der Waals surface area (Å²) in [5.74, 6) is 1.11. The van der Waals surface area contributed by atoms with E-state index in [1.807, 2.05) is 6.07 Å². The predicted molar refractivity (Wildman–Crippen MR) is 80.0 cm³/mol. The number of benzene rings is 1. The van der Waals surface area contributed by atoms with Gasteiger partial charge in [0.25, 0.3) is 0 Å². The van der Waals surface area contributed by atoms with Crippen molar-refractivity contribution in [1.82, 2.24) is 0 Å². The van der Waals surface area contributed by atoms with E-state index in [0.29, 0.717) is 22.9 Å². The molecule has 1 fully saturated rings. The minimum absolute atomic E-state index is 0.332. The fraction of sp³-hybridized carbons (Fsp3) is 0.385. The summed E-state index contributed by atoms with van der Waals surface area (Å²) in [6, 6.07) is 5.31. The first-order chi connectivity index (χ1) is 9.05. The van der Waals surface area contributed by atoms with E-state index in [0.717, 1.165) is 28.6 Å². The molecule has 0 amide bonds. The number of rotatable bonds is 3. The zero-order valence-corrected chi connectivity index (χ0v) is 13.6. The number of allylic oxidation sites excluding steroid dienone is 1. The van der Waals surface area contributed by atoms with Gasteiger partial charge in [0.2, 0.25) is 0 Å². The Bertz CT molecular complexity index is 610. The molecule has 1 aliphatic heterocycles. The highest BCUT2D eigenvalue weighted by Crippen LogP contribution is 2.59. The van der Waals surface area contributed by atoms with E-state index >= 15 is 0 Å². The van der Waals surface area contributed by atoms with Crippen LogP contribution in [0.2, 0.25) is 5.02 Å². The van der Waals surface area contributed by atoms with Crippen molar-refractivity contribution in [2.45, 2.75) is 19.8 Å². The Morgan fingerprint density at radius 3 is 2.89 bits per heavy atom. The summed E-state index contributed by atoms with van der Waals surface area (Å²) in [6.45, 7) is 2.14. The van der Waals surface area contributed by atoms with Gasteiger partial charge in [0, 0.05) is 16.5 Å². The molecule has 102 valence electrons. The molecule has 0 spiro atoms. The van der Waals surface area contributed by atoms with E-state index in [-0.39, 0.29) is 0 Å². The third-order valence-electron chi connectivity index (χ3n) is 3.17. The number of fused-ring (bicyclic) bond motifs is 1. The standard InChI is InChI=1S/C13H13BrClO3P/c1-2-17-19(16)11-7-9(15)5-6-10(11)12(14)13(18-19)8-3-4-8/h5-8H,2-4H2,1H3. The first kappa shape index (κ1) is 13.7. The largest absolute Gasteiger partial charge is 0.424 e. The summed E-state index contributed by atoms with van der Waals surface area (Å²) in [5.41, 5.74) is 0.856. The van der Waals surface area contributed by atoms with Crippen molar-refractivity contribution < 1.29 is 13.6 Å². The summed E-state index contributed by atoms with van der Waals surface area (Å²) in [5, 5.41) is 1.07. The molecule has 1 saturated carbocycles. The molecule has 1 heterocycles. The van der Waals surface area contributed by atoms with Gasteiger partial charge in [-0.05, 0) is 47.8 Å². The zero-order chi connectivity index (χ0) is 13.6. The van der Waals surface area contributed by atoms with Crippen LogP contribution in [0.4, 0.5) is 0 Å². The van der Waals surface area contributed by atoms with Crippen LogP contribution in [0.15, 0.2) is 24.0 Å². The maximum absolute atomic E-state index is 12.9. The Morgan fingerprint density at radius 2 is 2.26 bits per heavy atom. The van der Waals surface area contributed by atoms with Crippen LogP contribution in [0, 0.1) is 5.92 Å². The van der Waals surface area contributed by atoms with E-state index in [1.165, 1.54) is 0 Å². The highest BCUT2D eigenvalue weighted by molar-refractivity contribution is 9.15. The number of hydrogen-bond acceptors (Lipinski definition) is 3. The van der Waals surface area contributed by atoms with Crippen molar-refractivity contribution in [3.8, 4) is 0 Å². The molecule has 0 bridgehead atoms. The highest BCUT2D eigenvalue weighted by atomic mass is 79.9. The van der Waals surface area contributed by atoms with Crippen LogP contribution >= 0.6 is 35.1 Å². The SMILES string of the molecule is CCOP1(=O)OC(C2CC2)=C(Br)c2ccc(Cl)cc21. The molecule has 19 heavy (non-hydrogen) atoms. The number of halogens is 2. The molecular weight excluding hydrogens is 350 g/mol.